The molecule has 1 amide bonds. The van der Waals surface area contributed by atoms with E-state index in [1.165, 1.54) is 24.3 Å². The van der Waals surface area contributed by atoms with E-state index in [4.69, 9.17) is 16.3 Å². The minimum atomic E-state index is -4.79. The first-order chi connectivity index (χ1) is 14.5. The zero-order chi connectivity index (χ0) is 22.6. The molecule has 2 aromatic rings. The van der Waals surface area contributed by atoms with Crippen molar-refractivity contribution in [2.45, 2.75) is 11.1 Å². The Morgan fingerprint density at radius 2 is 1.68 bits per heavy atom. The summed E-state index contributed by atoms with van der Waals surface area (Å²) in [6.45, 7) is 2.67. The van der Waals surface area contributed by atoms with Gasteiger partial charge in [-0.15, -0.1) is 0 Å². The second kappa shape index (κ2) is 9.43. The molecule has 2 aromatic carbocycles. The number of nitrogens with zero attached hydrogens (tertiary/aromatic N) is 1. The highest BCUT2D eigenvalue weighted by Crippen LogP contribution is 2.36. The summed E-state index contributed by atoms with van der Waals surface area (Å²) in [6.07, 6.45) is -4.79. The van der Waals surface area contributed by atoms with Gasteiger partial charge in [-0.05, 0) is 42.5 Å². The van der Waals surface area contributed by atoms with Crippen LogP contribution in [0.4, 0.5) is 24.5 Å². The predicted octanol–water partition coefficient (Wildman–Crippen LogP) is 3.43. The van der Waals surface area contributed by atoms with Gasteiger partial charge in [0.15, 0.2) is 0 Å². The second-order valence-corrected chi connectivity index (χ2v) is 8.85. The van der Waals surface area contributed by atoms with Crippen LogP contribution in [0.3, 0.4) is 0 Å². The first kappa shape index (κ1) is 23.3. The Hall–Kier alpha value is -2.34. The number of morpholine rings is 1. The molecule has 168 valence electrons. The molecule has 0 bridgehead atoms. The number of hydrogen-bond donors (Lipinski definition) is 2. The maximum atomic E-state index is 13.0. The quantitative estimate of drug-likeness (QED) is 0.665. The fourth-order valence-corrected chi connectivity index (χ4v) is 4.20. The van der Waals surface area contributed by atoms with Crippen molar-refractivity contribution >= 4 is 38.9 Å². The molecule has 1 aliphatic rings. The Morgan fingerprint density at radius 3 is 2.29 bits per heavy atom. The van der Waals surface area contributed by atoms with E-state index in [9.17, 15) is 26.4 Å². The summed E-state index contributed by atoms with van der Waals surface area (Å²) in [5.74, 6) is -0.226. The SMILES string of the molecule is O=C(CN1CCOCC1)Nc1ccc(NS(=O)(=O)c2ccc(Cl)c(C(F)(F)F)c2)cc1. The van der Waals surface area contributed by atoms with Crippen molar-refractivity contribution in [2.24, 2.45) is 0 Å². The van der Waals surface area contributed by atoms with Crippen molar-refractivity contribution in [1.82, 2.24) is 4.90 Å². The number of rotatable bonds is 6. The number of ether oxygens (including phenoxy) is 1. The van der Waals surface area contributed by atoms with Crippen LogP contribution >= 0.6 is 11.6 Å². The molecule has 31 heavy (non-hydrogen) atoms. The number of hydrogen-bond acceptors (Lipinski definition) is 5. The van der Waals surface area contributed by atoms with Gasteiger partial charge < -0.3 is 10.1 Å². The van der Waals surface area contributed by atoms with Crippen LogP contribution in [-0.2, 0) is 25.7 Å². The van der Waals surface area contributed by atoms with Gasteiger partial charge in [0.2, 0.25) is 5.91 Å². The Morgan fingerprint density at radius 1 is 1.06 bits per heavy atom. The van der Waals surface area contributed by atoms with Crippen molar-refractivity contribution in [2.75, 3.05) is 42.9 Å². The maximum Gasteiger partial charge on any atom is 0.417 e. The molecule has 3 rings (SSSR count). The first-order valence-corrected chi connectivity index (χ1v) is 11.0. The smallest absolute Gasteiger partial charge is 0.379 e. The molecule has 1 saturated heterocycles. The number of carbonyl (C=O) groups excluding carboxylic acids is 1. The van der Waals surface area contributed by atoms with Crippen LogP contribution in [0.25, 0.3) is 0 Å². The lowest BCUT2D eigenvalue weighted by Crippen LogP contribution is -2.41. The fourth-order valence-electron chi connectivity index (χ4n) is 2.89. The van der Waals surface area contributed by atoms with E-state index in [2.05, 4.69) is 10.0 Å². The van der Waals surface area contributed by atoms with E-state index in [1.54, 1.807) is 0 Å². The van der Waals surface area contributed by atoms with E-state index in [0.717, 1.165) is 12.1 Å². The third-order valence-corrected chi connectivity index (χ3v) is 6.15. The highest BCUT2D eigenvalue weighted by molar-refractivity contribution is 7.92. The van der Waals surface area contributed by atoms with E-state index in [0.29, 0.717) is 38.1 Å². The lowest BCUT2D eigenvalue weighted by Gasteiger charge is -2.25. The van der Waals surface area contributed by atoms with E-state index in [1.807, 2.05) is 4.90 Å². The van der Waals surface area contributed by atoms with Crippen LogP contribution in [0.1, 0.15) is 5.56 Å². The highest BCUT2D eigenvalue weighted by atomic mass is 35.5. The molecule has 2 N–H and O–H groups in total. The molecular formula is C19H19ClF3N3O4S. The highest BCUT2D eigenvalue weighted by Gasteiger charge is 2.34. The third-order valence-electron chi connectivity index (χ3n) is 4.45. The minimum Gasteiger partial charge on any atom is -0.379 e. The molecule has 0 radical (unpaired) electrons. The van der Waals surface area contributed by atoms with Gasteiger partial charge in [0, 0.05) is 24.5 Å². The molecule has 0 saturated carbocycles. The molecule has 1 heterocycles. The van der Waals surface area contributed by atoms with Gasteiger partial charge in [0.05, 0.1) is 35.2 Å². The Balaban J connectivity index is 1.65. The molecule has 0 atom stereocenters. The van der Waals surface area contributed by atoms with E-state index in [-0.39, 0.29) is 18.1 Å². The first-order valence-electron chi connectivity index (χ1n) is 9.14. The molecular weight excluding hydrogens is 459 g/mol. The molecule has 12 heteroatoms. The van der Waals surface area contributed by atoms with Gasteiger partial charge in [-0.1, -0.05) is 11.6 Å². The lowest BCUT2D eigenvalue weighted by atomic mass is 10.2. The summed E-state index contributed by atoms with van der Waals surface area (Å²) >= 11 is 5.53. The molecule has 1 aliphatic heterocycles. The number of halogens is 4. The molecule has 0 aromatic heterocycles. The van der Waals surface area contributed by atoms with Crippen molar-refractivity contribution in [1.29, 1.82) is 0 Å². The monoisotopic (exact) mass is 477 g/mol. The molecule has 0 aliphatic carbocycles. The fraction of sp³-hybridized carbons (Fsp3) is 0.316. The predicted molar refractivity (Wildman–Crippen MR) is 110 cm³/mol. The summed E-state index contributed by atoms with van der Waals surface area (Å²) in [5, 5.41) is 2.11. The van der Waals surface area contributed by atoms with Gasteiger partial charge in [0.1, 0.15) is 0 Å². The van der Waals surface area contributed by atoms with Crippen LogP contribution in [0.2, 0.25) is 5.02 Å². The summed E-state index contributed by atoms with van der Waals surface area (Å²) < 4.78 is 71.4. The maximum absolute atomic E-state index is 13.0. The van der Waals surface area contributed by atoms with E-state index < -0.39 is 31.7 Å². The Labute approximate surface area is 182 Å². The van der Waals surface area contributed by atoms with Gasteiger partial charge in [-0.25, -0.2) is 8.42 Å². The van der Waals surface area contributed by atoms with Gasteiger partial charge in [-0.3, -0.25) is 14.4 Å². The van der Waals surface area contributed by atoms with Crippen LogP contribution in [0.15, 0.2) is 47.4 Å². The number of amides is 1. The number of carbonyl (C=O) groups is 1. The summed E-state index contributed by atoms with van der Waals surface area (Å²) in [7, 11) is -4.28. The Kier molecular flexibility index (Phi) is 7.10. The number of nitrogens with one attached hydrogen (secondary N) is 2. The molecule has 1 fully saturated rings. The summed E-state index contributed by atoms with van der Waals surface area (Å²) in [5.41, 5.74) is -0.669. The van der Waals surface area contributed by atoms with Crippen molar-refractivity contribution in [3.05, 3.63) is 53.1 Å². The number of sulfonamides is 1. The van der Waals surface area contributed by atoms with Crippen LogP contribution in [0.5, 0.6) is 0 Å². The molecule has 0 spiro atoms. The molecule has 7 nitrogen and oxygen atoms in total. The summed E-state index contributed by atoms with van der Waals surface area (Å²) in [6, 6.07) is 8.10. The van der Waals surface area contributed by atoms with Gasteiger partial charge in [0.25, 0.3) is 10.0 Å². The number of benzene rings is 2. The average Bonchev–Trinajstić information content (AvgIpc) is 2.69. The zero-order valence-corrected chi connectivity index (χ0v) is 17.6. The van der Waals surface area contributed by atoms with Gasteiger partial charge in [-0.2, -0.15) is 13.2 Å². The normalized spacial score (nSPS) is 15.5. The standard InChI is InChI=1S/C19H19ClF3N3O4S/c20-17-6-5-15(11-16(17)19(21,22)23)31(28,29)25-14-3-1-13(2-4-14)24-18(27)12-26-7-9-30-10-8-26/h1-6,11,25H,7-10,12H2,(H,24,27). The largest absolute Gasteiger partial charge is 0.417 e. The van der Waals surface area contributed by atoms with E-state index >= 15 is 0 Å². The van der Waals surface area contributed by atoms with Crippen molar-refractivity contribution < 1.29 is 31.1 Å². The zero-order valence-electron chi connectivity index (χ0n) is 16.1. The minimum absolute atomic E-state index is 0.120. The second-order valence-electron chi connectivity index (χ2n) is 6.76. The van der Waals surface area contributed by atoms with Crippen molar-refractivity contribution in [3.8, 4) is 0 Å². The average molecular weight is 478 g/mol. The van der Waals surface area contributed by atoms with Crippen LogP contribution in [0, 0.1) is 0 Å². The number of alkyl halides is 3. The van der Waals surface area contributed by atoms with Crippen molar-refractivity contribution in [3.63, 3.8) is 0 Å². The lowest BCUT2D eigenvalue weighted by molar-refractivity contribution is -0.137. The molecule has 0 unspecified atom stereocenters. The number of anilines is 2. The topological polar surface area (TPSA) is 87.7 Å². The van der Waals surface area contributed by atoms with Crippen LogP contribution in [-0.4, -0.2) is 52.1 Å². The Bertz CT molecular complexity index is 1040. The van der Waals surface area contributed by atoms with Gasteiger partial charge >= 0.3 is 6.18 Å². The summed E-state index contributed by atoms with van der Waals surface area (Å²) in [4.78, 5) is 13.5. The van der Waals surface area contributed by atoms with Crippen LogP contribution < -0.4 is 10.0 Å². The third kappa shape index (κ3) is 6.33.